The van der Waals surface area contributed by atoms with Gasteiger partial charge in [0, 0.05) is 18.7 Å². The van der Waals surface area contributed by atoms with Crippen molar-refractivity contribution in [2.24, 2.45) is 11.7 Å². The van der Waals surface area contributed by atoms with Gasteiger partial charge in [-0.25, -0.2) is 14.6 Å². The van der Waals surface area contributed by atoms with E-state index in [1.54, 1.807) is 6.33 Å². The number of primary amides is 1. The van der Waals surface area contributed by atoms with Crippen molar-refractivity contribution in [3.8, 4) is 28.7 Å². The van der Waals surface area contributed by atoms with E-state index in [1.807, 2.05) is 42.9 Å². The van der Waals surface area contributed by atoms with Crippen LogP contribution < -0.4 is 10.5 Å². The lowest BCUT2D eigenvalue weighted by Crippen LogP contribution is -2.22. The minimum absolute atomic E-state index is 0.220. The molecule has 0 radical (unpaired) electrons. The lowest BCUT2D eigenvalue weighted by molar-refractivity contribution is -0.121. The summed E-state index contributed by atoms with van der Waals surface area (Å²) in [5.74, 6) is 1.86. The lowest BCUT2D eigenvalue weighted by atomic mass is 9.99. The highest BCUT2D eigenvalue weighted by molar-refractivity contribution is 5.76. The largest absolute Gasteiger partial charge is 0.491 e. The first kappa shape index (κ1) is 17.3. The number of benzene rings is 1. The highest BCUT2D eigenvalue weighted by atomic mass is 16.5. The average Bonchev–Trinajstić information content (AvgIpc) is 3.25. The Morgan fingerprint density at radius 2 is 2.22 bits per heavy atom. The van der Waals surface area contributed by atoms with Crippen LogP contribution in [0, 0.1) is 5.92 Å². The van der Waals surface area contributed by atoms with Crippen LogP contribution >= 0.6 is 0 Å². The molecule has 0 spiro atoms. The molecule has 0 aliphatic carbocycles. The van der Waals surface area contributed by atoms with E-state index in [4.69, 9.17) is 15.5 Å². The van der Waals surface area contributed by atoms with Crippen molar-refractivity contribution >= 4 is 5.91 Å². The number of hydrogen-bond acceptors (Lipinski definition) is 5. The molecular weight excluding hydrogens is 344 g/mol. The van der Waals surface area contributed by atoms with E-state index in [9.17, 15) is 4.79 Å². The van der Waals surface area contributed by atoms with Gasteiger partial charge >= 0.3 is 0 Å². The number of imidazole rings is 1. The fourth-order valence-electron chi connectivity index (χ4n) is 3.31. The van der Waals surface area contributed by atoms with Crippen LogP contribution in [0.15, 0.2) is 30.7 Å². The van der Waals surface area contributed by atoms with E-state index in [1.165, 1.54) is 0 Å². The molecule has 3 aromatic rings. The molecule has 1 aliphatic heterocycles. The maximum absolute atomic E-state index is 11.3. The van der Waals surface area contributed by atoms with Gasteiger partial charge in [-0.15, -0.1) is 0 Å². The highest BCUT2D eigenvalue weighted by Crippen LogP contribution is 2.34. The summed E-state index contributed by atoms with van der Waals surface area (Å²) in [5, 5.41) is 4.23. The number of nitrogens with two attached hydrogens (primary N) is 1. The number of amides is 1. The standard InChI is InChI=1S/C19H22N6O2/c1-3-25-19(21-11-22-25)15-10-24-6-7-27-16-9-13(8-12(2)17(20)26)4-5-14(16)18(24)23-15/h4-5,9-12H,3,6-8H2,1-2H3,(H2,20,26)/t12-/m1/s1. The fraction of sp³-hybridized carbons (Fsp3) is 0.368. The second-order valence-electron chi connectivity index (χ2n) is 6.73. The minimum atomic E-state index is -0.300. The molecule has 0 saturated heterocycles. The Labute approximate surface area is 157 Å². The zero-order chi connectivity index (χ0) is 19.0. The van der Waals surface area contributed by atoms with Crippen LogP contribution in [0.25, 0.3) is 22.9 Å². The number of fused-ring (bicyclic) bond motifs is 3. The van der Waals surface area contributed by atoms with E-state index in [2.05, 4.69) is 14.6 Å². The van der Waals surface area contributed by atoms with Gasteiger partial charge in [-0.05, 0) is 31.0 Å². The Morgan fingerprint density at radius 1 is 1.37 bits per heavy atom. The molecule has 0 bridgehead atoms. The molecule has 1 atom stereocenters. The Morgan fingerprint density at radius 3 is 3.00 bits per heavy atom. The van der Waals surface area contributed by atoms with Crippen LogP contribution in [0.5, 0.6) is 5.75 Å². The van der Waals surface area contributed by atoms with Crippen molar-refractivity contribution in [3.05, 3.63) is 36.3 Å². The second-order valence-corrected chi connectivity index (χ2v) is 6.73. The van der Waals surface area contributed by atoms with Crippen LogP contribution in [0.4, 0.5) is 0 Å². The topological polar surface area (TPSA) is 101 Å². The third kappa shape index (κ3) is 3.18. The molecule has 2 aromatic heterocycles. The van der Waals surface area contributed by atoms with Gasteiger partial charge in [0.25, 0.3) is 0 Å². The van der Waals surface area contributed by atoms with E-state index in [0.29, 0.717) is 19.6 Å². The summed E-state index contributed by atoms with van der Waals surface area (Å²) in [5.41, 5.74) is 8.13. The molecule has 4 rings (SSSR count). The molecule has 27 heavy (non-hydrogen) atoms. The van der Waals surface area contributed by atoms with Crippen molar-refractivity contribution in [2.75, 3.05) is 6.61 Å². The summed E-state index contributed by atoms with van der Waals surface area (Å²) >= 11 is 0. The van der Waals surface area contributed by atoms with Gasteiger partial charge in [0.1, 0.15) is 30.2 Å². The molecule has 3 heterocycles. The van der Waals surface area contributed by atoms with Crippen molar-refractivity contribution in [3.63, 3.8) is 0 Å². The van der Waals surface area contributed by atoms with E-state index >= 15 is 0 Å². The Balaban J connectivity index is 1.72. The zero-order valence-electron chi connectivity index (χ0n) is 15.4. The van der Waals surface area contributed by atoms with Crippen molar-refractivity contribution in [2.45, 2.75) is 33.4 Å². The van der Waals surface area contributed by atoms with Crippen LogP contribution in [0.2, 0.25) is 0 Å². The van der Waals surface area contributed by atoms with Gasteiger partial charge in [0.15, 0.2) is 5.82 Å². The first-order chi connectivity index (χ1) is 13.1. The monoisotopic (exact) mass is 366 g/mol. The highest BCUT2D eigenvalue weighted by Gasteiger charge is 2.21. The van der Waals surface area contributed by atoms with E-state index < -0.39 is 0 Å². The third-order valence-corrected chi connectivity index (χ3v) is 4.82. The van der Waals surface area contributed by atoms with E-state index in [0.717, 1.165) is 40.8 Å². The smallest absolute Gasteiger partial charge is 0.220 e. The number of carbonyl (C=O) groups excluding carboxylic acids is 1. The maximum atomic E-state index is 11.3. The number of hydrogen-bond donors (Lipinski definition) is 1. The predicted molar refractivity (Wildman–Crippen MR) is 99.9 cm³/mol. The Kier molecular flexibility index (Phi) is 4.39. The van der Waals surface area contributed by atoms with Crippen LogP contribution in [-0.2, 0) is 24.3 Å². The molecule has 8 nitrogen and oxygen atoms in total. The Bertz CT molecular complexity index is 990. The second kappa shape index (κ2) is 6.86. The number of aryl methyl sites for hydroxylation is 1. The lowest BCUT2D eigenvalue weighted by Gasteiger charge is -2.11. The Hall–Kier alpha value is -3.16. The third-order valence-electron chi connectivity index (χ3n) is 4.82. The summed E-state index contributed by atoms with van der Waals surface area (Å²) in [6, 6.07) is 5.98. The first-order valence-electron chi connectivity index (χ1n) is 9.07. The number of ether oxygens (including phenoxy) is 1. The van der Waals surface area contributed by atoms with Crippen LogP contribution in [-0.4, -0.2) is 36.8 Å². The minimum Gasteiger partial charge on any atom is -0.491 e. The zero-order valence-corrected chi connectivity index (χ0v) is 15.4. The SMILES string of the molecule is CCn1ncnc1-c1cn2c(n1)-c1ccc(C[C@@H](C)C(N)=O)cc1OCC2. The van der Waals surface area contributed by atoms with Gasteiger partial charge in [-0.3, -0.25) is 4.79 Å². The number of nitrogens with zero attached hydrogens (tertiary/aromatic N) is 5. The number of aromatic nitrogens is 5. The quantitative estimate of drug-likeness (QED) is 0.743. The molecule has 140 valence electrons. The summed E-state index contributed by atoms with van der Waals surface area (Å²) < 4.78 is 9.85. The van der Waals surface area contributed by atoms with Gasteiger partial charge in [0.05, 0.1) is 12.1 Å². The molecule has 8 heteroatoms. The van der Waals surface area contributed by atoms with Crippen LogP contribution in [0.1, 0.15) is 19.4 Å². The first-order valence-corrected chi connectivity index (χ1v) is 9.07. The summed E-state index contributed by atoms with van der Waals surface area (Å²) in [6.07, 6.45) is 4.13. The molecule has 1 aromatic carbocycles. The average molecular weight is 366 g/mol. The maximum Gasteiger partial charge on any atom is 0.220 e. The number of carbonyl (C=O) groups is 1. The van der Waals surface area contributed by atoms with Gasteiger partial charge in [-0.1, -0.05) is 13.0 Å². The summed E-state index contributed by atoms with van der Waals surface area (Å²) in [7, 11) is 0. The molecule has 0 fully saturated rings. The van der Waals surface area contributed by atoms with Gasteiger partial charge < -0.3 is 15.0 Å². The molecule has 2 N–H and O–H groups in total. The normalized spacial score (nSPS) is 14.0. The van der Waals surface area contributed by atoms with Crippen molar-refractivity contribution < 1.29 is 9.53 Å². The fourth-order valence-corrected chi connectivity index (χ4v) is 3.31. The number of rotatable bonds is 5. The summed E-state index contributed by atoms with van der Waals surface area (Å²) in [6.45, 7) is 5.84. The van der Waals surface area contributed by atoms with Gasteiger partial charge in [-0.2, -0.15) is 5.10 Å². The molecule has 1 amide bonds. The van der Waals surface area contributed by atoms with Crippen molar-refractivity contribution in [1.29, 1.82) is 0 Å². The molecule has 0 unspecified atom stereocenters. The van der Waals surface area contributed by atoms with Gasteiger partial charge in [0.2, 0.25) is 5.91 Å². The molecule has 1 aliphatic rings. The van der Waals surface area contributed by atoms with E-state index in [-0.39, 0.29) is 11.8 Å². The predicted octanol–water partition coefficient (Wildman–Crippen LogP) is 1.88. The van der Waals surface area contributed by atoms with Crippen molar-refractivity contribution in [1.82, 2.24) is 24.3 Å². The molecule has 0 saturated carbocycles. The molecular formula is C19H22N6O2. The summed E-state index contributed by atoms with van der Waals surface area (Å²) in [4.78, 5) is 20.5. The van der Waals surface area contributed by atoms with Crippen LogP contribution in [0.3, 0.4) is 0 Å².